The first-order chi connectivity index (χ1) is 8.97. The maximum Gasteiger partial charge on any atom is 0.322 e. The summed E-state index contributed by atoms with van der Waals surface area (Å²) in [6.07, 6.45) is -0.135. The van der Waals surface area contributed by atoms with E-state index in [4.69, 9.17) is 10.2 Å². The summed E-state index contributed by atoms with van der Waals surface area (Å²) in [7, 11) is 0. The molecule has 2 amide bonds. The third-order valence-electron chi connectivity index (χ3n) is 2.17. The summed E-state index contributed by atoms with van der Waals surface area (Å²) in [6, 6.07) is 5.90. The van der Waals surface area contributed by atoms with Crippen molar-refractivity contribution >= 4 is 23.5 Å². The van der Waals surface area contributed by atoms with Crippen molar-refractivity contribution in [1.82, 2.24) is 5.32 Å². The number of phenolic OH excluding ortho intramolecular Hbond substituents is 1. The highest BCUT2D eigenvalue weighted by Crippen LogP contribution is 2.13. The fraction of sp³-hybridized carbons (Fsp3) is 0.250. The van der Waals surface area contributed by atoms with Gasteiger partial charge in [0.1, 0.15) is 12.3 Å². The van der Waals surface area contributed by atoms with Gasteiger partial charge in [0.25, 0.3) is 0 Å². The topological polar surface area (TPSA) is 116 Å². The number of aromatic hydroxyl groups is 1. The molecular formula is C12H14N2O5. The predicted octanol–water partition coefficient (Wildman–Crippen LogP) is 0.312. The lowest BCUT2D eigenvalue weighted by molar-refractivity contribution is -0.138. The van der Waals surface area contributed by atoms with Crippen molar-refractivity contribution in [3.63, 3.8) is 0 Å². The van der Waals surface area contributed by atoms with E-state index < -0.39 is 18.4 Å². The smallest absolute Gasteiger partial charge is 0.322 e. The molecule has 0 saturated carbocycles. The van der Waals surface area contributed by atoms with Crippen molar-refractivity contribution in [3.8, 4) is 5.75 Å². The Balaban J connectivity index is 2.29. The number of carbonyl (C=O) groups is 3. The lowest BCUT2D eigenvalue weighted by atomic mass is 10.2. The molecule has 0 unspecified atom stereocenters. The molecule has 0 heterocycles. The Morgan fingerprint density at radius 2 is 1.58 bits per heavy atom. The van der Waals surface area contributed by atoms with Crippen molar-refractivity contribution in [2.24, 2.45) is 0 Å². The monoisotopic (exact) mass is 266 g/mol. The molecule has 1 aromatic rings. The number of carboxylic acids is 1. The molecule has 0 atom stereocenters. The minimum Gasteiger partial charge on any atom is -0.508 e. The number of rotatable bonds is 6. The number of carboxylic acid groups (broad SMARTS) is 1. The minimum absolute atomic E-state index is 0.0493. The first-order valence-corrected chi connectivity index (χ1v) is 5.55. The number of benzene rings is 1. The van der Waals surface area contributed by atoms with Gasteiger partial charge in [-0.2, -0.15) is 0 Å². The molecule has 7 nitrogen and oxygen atoms in total. The first-order valence-electron chi connectivity index (χ1n) is 5.55. The lowest BCUT2D eigenvalue weighted by Crippen LogP contribution is -2.29. The molecule has 1 aromatic carbocycles. The van der Waals surface area contributed by atoms with E-state index in [1.165, 1.54) is 24.3 Å². The van der Waals surface area contributed by atoms with Gasteiger partial charge in [0, 0.05) is 18.5 Å². The Labute approximate surface area is 109 Å². The number of amides is 2. The van der Waals surface area contributed by atoms with Crippen LogP contribution in [-0.4, -0.2) is 34.5 Å². The number of carbonyl (C=O) groups excluding carboxylic acids is 2. The van der Waals surface area contributed by atoms with Gasteiger partial charge in [-0.05, 0) is 24.3 Å². The molecule has 0 fully saturated rings. The Bertz CT molecular complexity index is 470. The summed E-state index contributed by atoms with van der Waals surface area (Å²) in [5, 5.41) is 22.1. The van der Waals surface area contributed by atoms with Gasteiger partial charge in [-0.15, -0.1) is 0 Å². The van der Waals surface area contributed by atoms with Gasteiger partial charge >= 0.3 is 5.97 Å². The normalized spacial score (nSPS) is 9.68. The largest absolute Gasteiger partial charge is 0.508 e. The van der Waals surface area contributed by atoms with Gasteiger partial charge in [0.2, 0.25) is 11.8 Å². The summed E-state index contributed by atoms with van der Waals surface area (Å²) in [5.74, 6) is -1.91. The van der Waals surface area contributed by atoms with Crippen molar-refractivity contribution in [2.75, 3.05) is 11.9 Å². The third kappa shape index (κ3) is 6.06. The summed E-state index contributed by atoms with van der Waals surface area (Å²) in [6.45, 7) is -0.460. The van der Waals surface area contributed by atoms with E-state index in [0.29, 0.717) is 5.69 Å². The first kappa shape index (κ1) is 14.5. The maximum atomic E-state index is 11.5. The average Bonchev–Trinajstić information content (AvgIpc) is 2.36. The van der Waals surface area contributed by atoms with Crippen molar-refractivity contribution < 1.29 is 24.6 Å². The Hall–Kier alpha value is -2.57. The molecule has 0 radical (unpaired) electrons. The van der Waals surface area contributed by atoms with Crippen LogP contribution in [0.15, 0.2) is 24.3 Å². The van der Waals surface area contributed by atoms with E-state index >= 15 is 0 Å². The summed E-state index contributed by atoms with van der Waals surface area (Å²) in [4.78, 5) is 32.8. The zero-order valence-electron chi connectivity index (χ0n) is 10.0. The van der Waals surface area contributed by atoms with Crippen LogP contribution >= 0.6 is 0 Å². The summed E-state index contributed by atoms with van der Waals surface area (Å²) in [5.41, 5.74) is 0.508. The number of phenols is 1. The Morgan fingerprint density at radius 3 is 2.16 bits per heavy atom. The molecule has 7 heteroatoms. The Morgan fingerprint density at radius 1 is 1.00 bits per heavy atom. The second-order valence-corrected chi connectivity index (χ2v) is 3.77. The van der Waals surface area contributed by atoms with Crippen molar-refractivity contribution in [3.05, 3.63) is 24.3 Å². The van der Waals surface area contributed by atoms with Crippen LogP contribution in [0, 0.1) is 0 Å². The average molecular weight is 266 g/mol. The van der Waals surface area contributed by atoms with Crippen LogP contribution in [0.4, 0.5) is 5.69 Å². The molecule has 19 heavy (non-hydrogen) atoms. The van der Waals surface area contributed by atoms with E-state index in [2.05, 4.69) is 10.6 Å². The molecule has 0 saturated heterocycles. The lowest BCUT2D eigenvalue weighted by Gasteiger charge is -2.05. The van der Waals surface area contributed by atoms with Crippen LogP contribution in [0.2, 0.25) is 0 Å². The van der Waals surface area contributed by atoms with Gasteiger partial charge in [0.15, 0.2) is 0 Å². The Kier molecular flexibility index (Phi) is 5.34. The molecule has 0 spiro atoms. The van der Waals surface area contributed by atoms with Crippen LogP contribution in [0.1, 0.15) is 12.8 Å². The molecule has 102 valence electrons. The highest BCUT2D eigenvalue weighted by molar-refractivity contribution is 5.93. The van der Waals surface area contributed by atoms with E-state index in [0.717, 1.165) is 0 Å². The number of nitrogens with one attached hydrogen (secondary N) is 2. The van der Waals surface area contributed by atoms with E-state index in [-0.39, 0.29) is 24.5 Å². The molecular weight excluding hydrogens is 252 g/mol. The molecule has 0 aliphatic heterocycles. The van der Waals surface area contributed by atoms with Crippen LogP contribution in [0.3, 0.4) is 0 Å². The SMILES string of the molecule is O=C(O)CNC(=O)CCC(=O)Nc1ccc(O)cc1. The van der Waals surface area contributed by atoms with Gasteiger partial charge in [-0.3, -0.25) is 14.4 Å². The highest BCUT2D eigenvalue weighted by atomic mass is 16.4. The second-order valence-electron chi connectivity index (χ2n) is 3.77. The highest BCUT2D eigenvalue weighted by Gasteiger charge is 2.08. The molecule has 4 N–H and O–H groups in total. The minimum atomic E-state index is -1.14. The number of hydrogen-bond acceptors (Lipinski definition) is 4. The van der Waals surface area contributed by atoms with Gasteiger partial charge in [-0.25, -0.2) is 0 Å². The molecule has 0 aliphatic carbocycles. The standard InChI is InChI=1S/C12H14N2O5/c15-9-3-1-8(2-4-9)14-11(17)6-5-10(16)13-7-12(18)19/h1-4,15H,5-7H2,(H,13,16)(H,14,17)(H,18,19). The number of aliphatic carboxylic acids is 1. The fourth-order valence-corrected chi connectivity index (χ4v) is 1.26. The molecule has 0 aromatic heterocycles. The fourth-order valence-electron chi connectivity index (χ4n) is 1.26. The number of hydrogen-bond donors (Lipinski definition) is 4. The van der Waals surface area contributed by atoms with Gasteiger partial charge in [-0.1, -0.05) is 0 Å². The van der Waals surface area contributed by atoms with E-state index in [9.17, 15) is 14.4 Å². The van der Waals surface area contributed by atoms with Gasteiger partial charge in [0.05, 0.1) is 0 Å². The third-order valence-corrected chi connectivity index (χ3v) is 2.17. The molecule has 0 bridgehead atoms. The zero-order valence-corrected chi connectivity index (χ0v) is 10.0. The van der Waals surface area contributed by atoms with Crippen LogP contribution in [0.5, 0.6) is 5.75 Å². The van der Waals surface area contributed by atoms with E-state index in [1.807, 2.05) is 0 Å². The van der Waals surface area contributed by atoms with Crippen LogP contribution < -0.4 is 10.6 Å². The van der Waals surface area contributed by atoms with Crippen LogP contribution in [-0.2, 0) is 14.4 Å². The second kappa shape index (κ2) is 7.00. The van der Waals surface area contributed by atoms with Gasteiger partial charge < -0.3 is 20.8 Å². The summed E-state index contributed by atoms with van der Waals surface area (Å²) < 4.78 is 0. The molecule has 0 aliphatic rings. The number of anilines is 1. The van der Waals surface area contributed by atoms with Crippen molar-refractivity contribution in [1.29, 1.82) is 0 Å². The predicted molar refractivity (Wildman–Crippen MR) is 66.6 cm³/mol. The summed E-state index contributed by atoms with van der Waals surface area (Å²) >= 11 is 0. The quantitative estimate of drug-likeness (QED) is 0.553. The molecule has 1 rings (SSSR count). The van der Waals surface area contributed by atoms with Crippen molar-refractivity contribution in [2.45, 2.75) is 12.8 Å². The zero-order chi connectivity index (χ0) is 14.3. The maximum absolute atomic E-state index is 11.5. The van der Waals surface area contributed by atoms with E-state index in [1.54, 1.807) is 0 Å². The van der Waals surface area contributed by atoms with Crippen LogP contribution in [0.25, 0.3) is 0 Å².